The lowest BCUT2D eigenvalue weighted by Crippen LogP contribution is -2.03. The second-order valence-electron chi connectivity index (χ2n) is 14.2. The molecule has 0 N–H and O–H groups in total. The standard InChI is InChI=1S/C50H26N4O2/c51-27-37-29(15-9-19-41(37)53-39-17-5-1-11-31(39)33-23-25-45-47(49(33)53)35-13-3-7-21-43(35)55-45)30-16-10-20-42(38(30)28-52)54-40-18-6-2-12-32(40)34-24-26-46-48(50(34)54)36-14-4-8-22-44(36)56-46/h1-26H. The Morgan fingerprint density at radius 1 is 0.357 bits per heavy atom. The number of nitriles is 2. The van der Waals surface area contributed by atoms with Crippen LogP contribution in [-0.4, -0.2) is 9.13 Å². The van der Waals surface area contributed by atoms with Crippen LogP contribution in [0.2, 0.25) is 0 Å². The maximum Gasteiger partial charge on any atom is 0.137 e. The average molecular weight is 715 g/mol. The summed E-state index contributed by atoms with van der Waals surface area (Å²) in [6.07, 6.45) is 0. The fourth-order valence-electron chi connectivity index (χ4n) is 9.17. The predicted molar refractivity (Wildman–Crippen MR) is 225 cm³/mol. The number of hydrogen-bond acceptors (Lipinski definition) is 4. The Kier molecular flexibility index (Phi) is 6.10. The summed E-state index contributed by atoms with van der Waals surface area (Å²) in [5.74, 6) is 0. The van der Waals surface area contributed by atoms with E-state index in [2.05, 4.69) is 69.8 Å². The van der Waals surface area contributed by atoms with Crippen molar-refractivity contribution >= 4 is 87.5 Å². The van der Waals surface area contributed by atoms with Crippen molar-refractivity contribution in [3.63, 3.8) is 0 Å². The largest absolute Gasteiger partial charge is 0.456 e. The molecule has 0 saturated heterocycles. The van der Waals surface area contributed by atoms with Crippen LogP contribution in [0.15, 0.2) is 167 Å². The first-order chi connectivity index (χ1) is 27.7. The van der Waals surface area contributed by atoms with E-state index in [0.29, 0.717) is 22.3 Å². The third kappa shape index (κ3) is 3.92. The topological polar surface area (TPSA) is 83.7 Å². The van der Waals surface area contributed by atoms with Crippen molar-refractivity contribution < 1.29 is 8.83 Å². The van der Waals surface area contributed by atoms with E-state index in [9.17, 15) is 10.5 Å². The van der Waals surface area contributed by atoms with E-state index in [0.717, 1.165) is 98.9 Å². The molecule has 12 aromatic rings. The Labute approximate surface area is 318 Å². The van der Waals surface area contributed by atoms with E-state index in [-0.39, 0.29) is 0 Å². The molecule has 8 aromatic carbocycles. The molecule has 4 heterocycles. The summed E-state index contributed by atoms with van der Waals surface area (Å²) in [4.78, 5) is 0. The van der Waals surface area contributed by atoms with Crippen molar-refractivity contribution in [1.82, 2.24) is 9.13 Å². The Bertz CT molecular complexity index is 3500. The molecule has 6 heteroatoms. The van der Waals surface area contributed by atoms with Gasteiger partial charge in [0.05, 0.1) is 55.3 Å². The summed E-state index contributed by atoms with van der Waals surface area (Å²) in [6.45, 7) is 0. The quantitative estimate of drug-likeness (QED) is 0.182. The number of nitrogens with zero attached hydrogens (tertiary/aromatic N) is 4. The van der Waals surface area contributed by atoms with Crippen LogP contribution in [0.1, 0.15) is 11.1 Å². The normalized spacial score (nSPS) is 11.9. The van der Waals surface area contributed by atoms with E-state index < -0.39 is 0 Å². The molecule has 4 aromatic heterocycles. The first-order valence-electron chi connectivity index (χ1n) is 18.5. The van der Waals surface area contributed by atoms with Crippen LogP contribution in [0.4, 0.5) is 0 Å². The number of aromatic nitrogens is 2. The van der Waals surface area contributed by atoms with Crippen molar-refractivity contribution in [3.8, 4) is 34.6 Å². The van der Waals surface area contributed by atoms with Crippen LogP contribution in [-0.2, 0) is 0 Å². The van der Waals surface area contributed by atoms with E-state index in [1.807, 2.05) is 109 Å². The molecule has 258 valence electrons. The monoisotopic (exact) mass is 714 g/mol. The summed E-state index contributed by atoms with van der Waals surface area (Å²) in [5.41, 5.74) is 10.8. The van der Waals surface area contributed by atoms with E-state index in [4.69, 9.17) is 8.83 Å². The summed E-state index contributed by atoms with van der Waals surface area (Å²) < 4.78 is 17.1. The number of rotatable bonds is 3. The van der Waals surface area contributed by atoms with Crippen molar-refractivity contribution in [3.05, 3.63) is 169 Å². The summed E-state index contributed by atoms with van der Waals surface area (Å²) in [6, 6.07) is 58.1. The van der Waals surface area contributed by atoms with Crippen LogP contribution >= 0.6 is 0 Å². The molecule has 0 saturated carbocycles. The highest BCUT2D eigenvalue weighted by Gasteiger charge is 2.25. The Balaban J connectivity index is 1.17. The van der Waals surface area contributed by atoms with Crippen molar-refractivity contribution in [2.24, 2.45) is 0 Å². The molecule has 0 aliphatic heterocycles. The van der Waals surface area contributed by atoms with Crippen LogP contribution in [0.3, 0.4) is 0 Å². The van der Waals surface area contributed by atoms with Crippen LogP contribution in [0, 0.1) is 22.7 Å². The zero-order valence-electron chi connectivity index (χ0n) is 29.6. The molecule has 6 nitrogen and oxygen atoms in total. The van der Waals surface area contributed by atoms with Gasteiger partial charge in [-0.3, -0.25) is 0 Å². The third-order valence-corrected chi connectivity index (χ3v) is 11.4. The number of benzene rings is 8. The highest BCUT2D eigenvalue weighted by atomic mass is 16.3. The van der Waals surface area contributed by atoms with Gasteiger partial charge < -0.3 is 18.0 Å². The lowest BCUT2D eigenvalue weighted by Gasteiger charge is -2.17. The van der Waals surface area contributed by atoms with Gasteiger partial charge in [-0.2, -0.15) is 10.5 Å². The second-order valence-corrected chi connectivity index (χ2v) is 14.2. The van der Waals surface area contributed by atoms with Gasteiger partial charge in [0.15, 0.2) is 0 Å². The summed E-state index contributed by atoms with van der Waals surface area (Å²) in [5, 5.41) is 30.6. The molecule has 0 fully saturated rings. The predicted octanol–water partition coefficient (Wildman–Crippen LogP) is 13.1. The molecule has 12 rings (SSSR count). The van der Waals surface area contributed by atoms with Gasteiger partial charge in [-0.15, -0.1) is 0 Å². The average Bonchev–Trinajstić information content (AvgIpc) is 4.00. The third-order valence-electron chi connectivity index (χ3n) is 11.4. The van der Waals surface area contributed by atoms with Crippen LogP contribution < -0.4 is 0 Å². The molecular weight excluding hydrogens is 689 g/mol. The molecule has 0 bridgehead atoms. The van der Waals surface area contributed by atoms with Crippen molar-refractivity contribution in [2.45, 2.75) is 0 Å². The summed E-state index contributed by atoms with van der Waals surface area (Å²) in [7, 11) is 0. The van der Waals surface area contributed by atoms with E-state index in [1.165, 1.54) is 0 Å². The van der Waals surface area contributed by atoms with Crippen molar-refractivity contribution in [2.75, 3.05) is 0 Å². The summed E-state index contributed by atoms with van der Waals surface area (Å²) >= 11 is 0. The number of hydrogen-bond donors (Lipinski definition) is 0. The Morgan fingerprint density at radius 3 is 1.21 bits per heavy atom. The second kappa shape index (κ2) is 11.2. The molecule has 0 radical (unpaired) electrons. The lowest BCUT2D eigenvalue weighted by molar-refractivity contribution is 0.669. The number of furan rings is 2. The van der Waals surface area contributed by atoms with E-state index in [1.54, 1.807) is 0 Å². The zero-order valence-corrected chi connectivity index (χ0v) is 29.6. The molecular formula is C50H26N4O2. The molecule has 0 unspecified atom stereocenters. The van der Waals surface area contributed by atoms with E-state index >= 15 is 0 Å². The lowest BCUT2D eigenvalue weighted by atomic mass is 9.93. The number of fused-ring (bicyclic) bond motifs is 14. The molecule has 0 amide bonds. The van der Waals surface area contributed by atoms with Gasteiger partial charge in [0.25, 0.3) is 0 Å². The minimum atomic E-state index is 0.471. The van der Waals surface area contributed by atoms with Crippen LogP contribution in [0.5, 0.6) is 0 Å². The molecule has 56 heavy (non-hydrogen) atoms. The minimum absolute atomic E-state index is 0.471. The highest BCUT2D eigenvalue weighted by Crippen LogP contribution is 2.45. The first-order valence-corrected chi connectivity index (χ1v) is 18.5. The van der Waals surface area contributed by atoms with Gasteiger partial charge >= 0.3 is 0 Å². The number of para-hydroxylation sites is 4. The molecule has 0 aliphatic rings. The Hall–Kier alpha value is -8.06. The van der Waals surface area contributed by atoms with Gasteiger partial charge in [-0.25, -0.2) is 0 Å². The van der Waals surface area contributed by atoms with Gasteiger partial charge in [0.2, 0.25) is 0 Å². The van der Waals surface area contributed by atoms with Gasteiger partial charge in [0.1, 0.15) is 34.5 Å². The maximum atomic E-state index is 11.2. The van der Waals surface area contributed by atoms with Gasteiger partial charge in [-0.05, 0) is 60.7 Å². The molecule has 0 atom stereocenters. The van der Waals surface area contributed by atoms with Crippen LogP contribution in [0.25, 0.3) is 110 Å². The first kappa shape index (κ1) is 30.4. The minimum Gasteiger partial charge on any atom is -0.456 e. The SMILES string of the molecule is N#Cc1c(-c2cccc(-n3c4ccccc4c4ccc5oc6ccccc6c5c43)c2C#N)cccc1-n1c2ccccc2c2ccc3oc4ccccc4c3c21. The van der Waals surface area contributed by atoms with Gasteiger partial charge in [0, 0.05) is 43.4 Å². The zero-order chi connectivity index (χ0) is 37.1. The fraction of sp³-hybridized carbons (Fsp3) is 0. The maximum absolute atomic E-state index is 11.2. The molecule has 0 aliphatic carbocycles. The smallest absolute Gasteiger partial charge is 0.137 e. The highest BCUT2D eigenvalue weighted by molar-refractivity contribution is 6.26. The fourth-order valence-corrected chi connectivity index (χ4v) is 9.17. The Morgan fingerprint density at radius 2 is 0.768 bits per heavy atom. The van der Waals surface area contributed by atoms with Crippen molar-refractivity contribution in [1.29, 1.82) is 10.5 Å². The van der Waals surface area contributed by atoms with Gasteiger partial charge in [-0.1, -0.05) is 97.1 Å². The molecule has 0 spiro atoms.